The van der Waals surface area contributed by atoms with Crippen LogP contribution < -0.4 is 5.32 Å². The van der Waals surface area contributed by atoms with Crippen molar-refractivity contribution < 1.29 is 4.39 Å². The number of halogens is 2. The third kappa shape index (κ3) is 3.94. The first kappa shape index (κ1) is 13.8. The number of hydrogen-bond acceptors (Lipinski definition) is 2. The second-order valence-electron chi connectivity index (χ2n) is 5.03. The Bertz CT molecular complexity index is 369. The summed E-state index contributed by atoms with van der Waals surface area (Å²) in [5.41, 5.74) is 0.944. The maximum Gasteiger partial charge on any atom is 0.125 e. The zero-order valence-corrected chi connectivity index (χ0v) is 11.5. The summed E-state index contributed by atoms with van der Waals surface area (Å²) < 4.78 is 13.3. The number of rotatable bonds is 3. The van der Waals surface area contributed by atoms with E-state index in [2.05, 4.69) is 17.3 Å². The molecule has 1 aliphatic heterocycles. The quantitative estimate of drug-likeness (QED) is 0.908. The summed E-state index contributed by atoms with van der Waals surface area (Å²) in [4.78, 5) is 2.30. The van der Waals surface area contributed by atoms with Gasteiger partial charge in [-0.2, -0.15) is 0 Å². The van der Waals surface area contributed by atoms with Crippen molar-refractivity contribution in [3.63, 3.8) is 0 Å². The lowest BCUT2D eigenvalue weighted by molar-refractivity contribution is 0.216. The van der Waals surface area contributed by atoms with Crippen molar-refractivity contribution >= 4 is 11.6 Å². The molecule has 1 unspecified atom stereocenters. The Kier molecular flexibility index (Phi) is 4.98. The molecule has 1 fully saturated rings. The summed E-state index contributed by atoms with van der Waals surface area (Å²) >= 11 is 5.88. The second kappa shape index (κ2) is 6.50. The molecule has 1 saturated heterocycles. The molecule has 0 amide bonds. The fourth-order valence-electron chi connectivity index (χ4n) is 2.56. The van der Waals surface area contributed by atoms with Crippen molar-refractivity contribution in [1.82, 2.24) is 10.2 Å². The zero-order chi connectivity index (χ0) is 13.0. The largest absolute Gasteiger partial charge is 0.317 e. The summed E-state index contributed by atoms with van der Waals surface area (Å²) in [6, 6.07) is 5.33. The van der Waals surface area contributed by atoms with E-state index in [0.717, 1.165) is 31.6 Å². The minimum atomic E-state index is -0.256. The second-order valence-corrected chi connectivity index (χ2v) is 5.46. The molecule has 0 aliphatic carbocycles. The Balaban J connectivity index is 1.98. The normalized spacial score (nSPS) is 21.0. The lowest BCUT2D eigenvalue weighted by Crippen LogP contribution is -2.32. The van der Waals surface area contributed by atoms with Crippen LogP contribution in [-0.2, 0) is 6.54 Å². The number of benzene rings is 1. The summed E-state index contributed by atoms with van der Waals surface area (Å²) in [5.74, 6) is -0.256. The SMILES string of the molecule is CN(Cc1cc(F)cc(Cl)c1)C1CCCNCC1. The van der Waals surface area contributed by atoms with E-state index in [1.54, 1.807) is 6.07 Å². The minimum absolute atomic E-state index is 0.256. The lowest BCUT2D eigenvalue weighted by atomic mass is 10.1. The molecule has 1 heterocycles. The highest BCUT2D eigenvalue weighted by molar-refractivity contribution is 6.30. The van der Waals surface area contributed by atoms with Gasteiger partial charge in [-0.1, -0.05) is 11.6 Å². The molecule has 2 nitrogen and oxygen atoms in total. The Labute approximate surface area is 113 Å². The van der Waals surface area contributed by atoms with Gasteiger partial charge in [-0.25, -0.2) is 4.39 Å². The van der Waals surface area contributed by atoms with Gasteiger partial charge in [0.25, 0.3) is 0 Å². The third-order valence-electron chi connectivity index (χ3n) is 3.52. The topological polar surface area (TPSA) is 15.3 Å². The summed E-state index contributed by atoms with van der Waals surface area (Å²) in [7, 11) is 2.11. The molecule has 2 rings (SSSR count). The zero-order valence-electron chi connectivity index (χ0n) is 10.8. The third-order valence-corrected chi connectivity index (χ3v) is 3.74. The fourth-order valence-corrected chi connectivity index (χ4v) is 2.81. The summed E-state index contributed by atoms with van der Waals surface area (Å²) in [6.07, 6.45) is 3.56. The van der Waals surface area contributed by atoms with Crippen LogP contribution in [0.15, 0.2) is 18.2 Å². The van der Waals surface area contributed by atoms with Gasteiger partial charge < -0.3 is 5.32 Å². The van der Waals surface area contributed by atoms with Crippen molar-refractivity contribution in [3.05, 3.63) is 34.6 Å². The van der Waals surface area contributed by atoms with Crippen molar-refractivity contribution in [3.8, 4) is 0 Å². The van der Waals surface area contributed by atoms with Gasteiger partial charge in [0, 0.05) is 17.6 Å². The van der Waals surface area contributed by atoms with Crippen LogP contribution in [0.1, 0.15) is 24.8 Å². The molecular formula is C14H20ClFN2. The van der Waals surface area contributed by atoms with E-state index in [1.807, 2.05) is 6.07 Å². The molecule has 0 saturated carbocycles. The monoisotopic (exact) mass is 270 g/mol. The van der Waals surface area contributed by atoms with E-state index in [4.69, 9.17) is 11.6 Å². The van der Waals surface area contributed by atoms with Gasteiger partial charge in [-0.15, -0.1) is 0 Å². The standard InChI is InChI=1S/C14H20ClFN2/c1-18(14-3-2-5-17-6-4-14)10-11-7-12(15)9-13(16)8-11/h7-9,14,17H,2-6,10H2,1H3. The van der Waals surface area contributed by atoms with Crippen molar-refractivity contribution in [2.24, 2.45) is 0 Å². The van der Waals surface area contributed by atoms with Crippen LogP contribution in [0.5, 0.6) is 0 Å². The molecule has 4 heteroatoms. The molecule has 1 aromatic carbocycles. The Morgan fingerprint density at radius 1 is 1.33 bits per heavy atom. The minimum Gasteiger partial charge on any atom is -0.317 e. The van der Waals surface area contributed by atoms with Gasteiger partial charge in [0.2, 0.25) is 0 Å². The first-order chi connectivity index (χ1) is 8.65. The molecule has 1 N–H and O–H groups in total. The van der Waals surface area contributed by atoms with Crippen LogP contribution in [0, 0.1) is 5.82 Å². The smallest absolute Gasteiger partial charge is 0.125 e. The maximum absolute atomic E-state index is 13.3. The molecule has 0 radical (unpaired) electrons. The number of nitrogens with one attached hydrogen (secondary N) is 1. The van der Waals surface area contributed by atoms with Crippen LogP contribution in [0.4, 0.5) is 4.39 Å². The highest BCUT2D eigenvalue weighted by Crippen LogP contribution is 2.18. The van der Waals surface area contributed by atoms with Crippen LogP contribution in [0.2, 0.25) is 5.02 Å². The maximum atomic E-state index is 13.3. The Hall–Kier alpha value is -0.640. The molecule has 100 valence electrons. The molecule has 0 bridgehead atoms. The average molecular weight is 271 g/mol. The lowest BCUT2D eigenvalue weighted by Gasteiger charge is -2.27. The summed E-state index contributed by atoms with van der Waals surface area (Å²) in [6.45, 7) is 2.93. The molecule has 0 spiro atoms. The van der Waals surface area contributed by atoms with E-state index in [0.29, 0.717) is 11.1 Å². The first-order valence-corrected chi connectivity index (χ1v) is 6.89. The molecule has 1 atom stereocenters. The van der Waals surface area contributed by atoms with Crippen LogP contribution in [0.3, 0.4) is 0 Å². The Morgan fingerprint density at radius 3 is 2.94 bits per heavy atom. The highest BCUT2D eigenvalue weighted by Gasteiger charge is 2.17. The predicted octanol–water partition coefficient (Wildman–Crippen LogP) is 3.05. The fraction of sp³-hybridized carbons (Fsp3) is 0.571. The van der Waals surface area contributed by atoms with Gasteiger partial charge in [-0.05, 0) is 63.2 Å². The molecule has 0 aromatic heterocycles. The summed E-state index contributed by atoms with van der Waals surface area (Å²) in [5, 5.41) is 3.88. The van der Waals surface area contributed by atoms with E-state index in [9.17, 15) is 4.39 Å². The van der Waals surface area contributed by atoms with Gasteiger partial charge in [0.1, 0.15) is 5.82 Å². The van der Waals surface area contributed by atoms with Crippen LogP contribution >= 0.6 is 11.6 Å². The molecule has 18 heavy (non-hydrogen) atoms. The van der Waals surface area contributed by atoms with E-state index in [1.165, 1.54) is 18.9 Å². The number of nitrogens with zero attached hydrogens (tertiary/aromatic N) is 1. The van der Waals surface area contributed by atoms with Crippen LogP contribution in [-0.4, -0.2) is 31.1 Å². The molecule has 1 aromatic rings. The Morgan fingerprint density at radius 2 is 2.17 bits per heavy atom. The van der Waals surface area contributed by atoms with E-state index >= 15 is 0 Å². The van der Waals surface area contributed by atoms with Gasteiger partial charge >= 0.3 is 0 Å². The van der Waals surface area contributed by atoms with Crippen LogP contribution in [0.25, 0.3) is 0 Å². The van der Waals surface area contributed by atoms with Gasteiger partial charge in [-0.3, -0.25) is 4.90 Å². The first-order valence-electron chi connectivity index (χ1n) is 6.51. The van der Waals surface area contributed by atoms with Gasteiger partial charge in [0.05, 0.1) is 0 Å². The van der Waals surface area contributed by atoms with E-state index in [-0.39, 0.29) is 5.82 Å². The molecule has 1 aliphatic rings. The highest BCUT2D eigenvalue weighted by atomic mass is 35.5. The average Bonchev–Trinajstić information content (AvgIpc) is 2.55. The predicted molar refractivity (Wildman–Crippen MR) is 73.4 cm³/mol. The van der Waals surface area contributed by atoms with Gasteiger partial charge in [0.15, 0.2) is 0 Å². The van der Waals surface area contributed by atoms with E-state index < -0.39 is 0 Å². The van der Waals surface area contributed by atoms with Crippen molar-refractivity contribution in [2.45, 2.75) is 31.8 Å². The molecular weight excluding hydrogens is 251 g/mol. The van der Waals surface area contributed by atoms with Crippen molar-refractivity contribution in [2.75, 3.05) is 20.1 Å². The van der Waals surface area contributed by atoms with Crippen molar-refractivity contribution in [1.29, 1.82) is 0 Å². The number of hydrogen-bond donors (Lipinski definition) is 1.